The first-order chi connectivity index (χ1) is 13.0. The molecular formula is C19H24N6O2. The highest BCUT2D eigenvalue weighted by atomic mass is 16.2. The summed E-state index contributed by atoms with van der Waals surface area (Å²) in [6.45, 7) is 6.38. The average molecular weight is 368 g/mol. The van der Waals surface area contributed by atoms with Crippen molar-refractivity contribution in [2.24, 2.45) is 0 Å². The zero-order valence-corrected chi connectivity index (χ0v) is 15.8. The molecule has 1 aliphatic carbocycles. The van der Waals surface area contributed by atoms with E-state index in [2.05, 4.69) is 20.0 Å². The van der Waals surface area contributed by atoms with Crippen LogP contribution in [0.1, 0.15) is 36.2 Å². The van der Waals surface area contributed by atoms with Gasteiger partial charge in [0.05, 0.1) is 5.69 Å². The van der Waals surface area contributed by atoms with Crippen molar-refractivity contribution in [2.75, 3.05) is 31.1 Å². The molecule has 2 aromatic heterocycles. The second-order valence-corrected chi connectivity index (χ2v) is 7.27. The van der Waals surface area contributed by atoms with Crippen molar-refractivity contribution in [3.8, 4) is 0 Å². The molecule has 0 saturated carbocycles. The summed E-state index contributed by atoms with van der Waals surface area (Å²) < 4.78 is 1.35. The Bertz CT molecular complexity index is 917. The summed E-state index contributed by atoms with van der Waals surface area (Å²) in [6, 6.07) is 1.06. The Morgan fingerprint density at radius 3 is 2.70 bits per heavy atom. The van der Waals surface area contributed by atoms with Crippen LogP contribution in [0.5, 0.6) is 0 Å². The monoisotopic (exact) mass is 368 g/mol. The highest BCUT2D eigenvalue weighted by Crippen LogP contribution is 2.20. The van der Waals surface area contributed by atoms with E-state index in [1.165, 1.54) is 4.68 Å². The Hall–Kier alpha value is -2.77. The topological polar surface area (TPSA) is 84.2 Å². The van der Waals surface area contributed by atoms with Gasteiger partial charge < -0.3 is 9.80 Å². The van der Waals surface area contributed by atoms with Gasteiger partial charge in [-0.2, -0.15) is 5.10 Å². The summed E-state index contributed by atoms with van der Waals surface area (Å²) in [5, 5.41) is 4.47. The maximum atomic E-state index is 12.9. The van der Waals surface area contributed by atoms with Gasteiger partial charge in [-0.15, -0.1) is 0 Å². The van der Waals surface area contributed by atoms with Crippen LogP contribution in [0, 0.1) is 6.92 Å². The van der Waals surface area contributed by atoms with Crippen LogP contribution in [0.25, 0.3) is 0 Å². The number of carbonyl (C=O) groups excluding carboxylic acids is 1. The van der Waals surface area contributed by atoms with Crippen molar-refractivity contribution in [2.45, 2.75) is 39.2 Å². The van der Waals surface area contributed by atoms with E-state index in [1.54, 1.807) is 25.5 Å². The van der Waals surface area contributed by atoms with E-state index >= 15 is 0 Å². The molecule has 142 valence electrons. The van der Waals surface area contributed by atoms with Crippen LogP contribution < -0.4 is 10.5 Å². The van der Waals surface area contributed by atoms with Crippen LogP contribution in [0.15, 0.2) is 23.4 Å². The van der Waals surface area contributed by atoms with Crippen molar-refractivity contribution in [1.82, 2.24) is 24.6 Å². The predicted octanol–water partition coefficient (Wildman–Crippen LogP) is 0.740. The van der Waals surface area contributed by atoms with Crippen molar-refractivity contribution < 1.29 is 4.79 Å². The maximum Gasteiger partial charge on any atom is 0.267 e. The average Bonchev–Trinajstić information content (AvgIpc) is 3.14. The molecule has 3 heterocycles. The number of piperazine rings is 1. The Morgan fingerprint density at radius 2 is 1.96 bits per heavy atom. The largest absolute Gasteiger partial charge is 0.353 e. The fourth-order valence-corrected chi connectivity index (χ4v) is 3.92. The minimum atomic E-state index is -0.587. The first-order valence-electron chi connectivity index (χ1n) is 9.46. The second kappa shape index (κ2) is 7.09. The Balaban J connectivity index is 1.45. The third-order valence-corrected chi connectivity index (χ3v) is 5.47. The van der Waals surface area contributed by atoms with E-state index < -0.39 is 6.04 Å². The van der Waals surface area contributed by atoms with Gasteiger partial charge in [-0.1, -0.05) is 0 Å². The predicted molar refractivity (Wildman–Crippen MR) is 101 cm³/mol. The summed E-state index contributed by atoms with van der Waals surface area (Å²) in [6.07, 6.45) is 6.17. The molecule has 2 aromatic rings. The molecule has 0 aromatic carbocycles. The minimum absolute atomic E-state index is 0.0541. The van der Waals surface area contributed by atoms with Crippen LogP contribution >= 0.6 is 0 Å². The molecule has 1 amide bonds. The first-order valence-corrected chi connectivity index (χ1v) is 9.46. The lowest BCUT2D eigenvalue weighted by molar-refractivity contribution is -0.135. The molecule has 4 rings (SSSR count). The van der Waals surface area contributed by atoms with Crippen molar-refractivity contribution in [3.63, 3.8) is 0 Å². The molecule has 0 bridgehead atoms. The third-order valence-electron chi connectivity index (χ3n) is 5.47. The summed E-state index contributed by atoms with van der Waals surface area (Å²) in [5.41, 5.74) is 2.83. The van der Waals surface area contributed by atoms with Crippen molar-refractivity contribution in [1.29, 1.82) is 0 Å². The van der Waals surface area contributed by atoms with E-state index in [-0.39, 0.29) is 11.5 Å². The highest BCUT2D eigenvalue weighted by Gasteiger charge is 2.28. The van der Waals surface area contributed by atoms with Gasteiger partial charge in [0.25, 0.3) is 5.56 Å². The third kappa shape index (κ3) is 3.31. The molecule has 0 radical (unpaired) electrons. The van der Waals surface area contributed by atoms with Gasteiger partial charge in [0.1, 0.15) is 18.2 Å². The van der Waals surface area contributed by atoms with Gasteiger partial charge in [0, 0.05) is 44.0 Å². The second-order valence-electron chi connectivity index (χ2n) is 7.27. The van der Waals surface area contributed by atoms with Crippen molar-refractivity contribution >= 4 is 11.7 Å². The molecule has 2 aliphatic rings. The van der Waals surface area contributed by atoms with E-state index in [0.717, 1.165) is 41.9 Å². The highest BCUT2D eigenvalue weighted by molar-refractivity contribution is 5.80. The number of nitrogens with zero attached hydrogens (tertiary/aromatic N) is 6. The normalized spacial score (nSPS) is 17.7. The smallest absolute Gasteiger partial charge is 0.267 e. The standard InChI is InChI=1S/C19H24N6O2/c1-13-11-20-12-21-18(13)23-6-8-24(9-7-23)19(27)14(2)25-17(26)10-15-4-3-5-16(15)22-25/h10-12,14H,3-9H2,1-2H3/t14-/m0/s1. The number of hydrogen-bond donors (Lipinski definition) is 0. The number of anilines is 1. The van der Waals surface area contributed by atoms with Crippen LogP contribution in [0.3, 0.4) is 0 Å². The van der Waals surface area contributed by atoms with Gasteiger partial charge in [-0.05, 0) is 38.7 Å². The molecule has 0 N–H and O–H groups in total. The molecule has 27 heavy (non-hydrogen) atoms. The van der Waals surface area contributed by atoms with Crippen LogP contribution in [-0.2, 0) is 17.6 Å². The number of fused-ring (bicyclic) bond motifs is 1. The van der Waals surface area contributed by atoms with Gasteiger partial charge in [0.15, 0.2) is 0 Å². The first kappa shape index (κ1) is 17.6. The Labute approximate surface area is 157 Å². The number of aryl methyl sites for hydroxylation is 3. The van der Waals surface area contributed by atoms with E-state index in [0.29, 0.717) is 26.2 Å². The fraction of sp³-hybridized carbons (Fsp3) is 0.526. The summed E-state index contributed by atoms with van der Waals surface area (Å²) in [5.74, 6) is 0.864. The number of aromatic nitrogens is 4. The Morgan fingerprint density at radius 1 is 1.19 bits per heavy atom. The quantitative estimate of drug-likeness (QED) is 0.795. The number of hydrogen-bond acceptors (Lipinski definition) is 6. The Kier molecular flexibility index (Phi) is 4.63. The lowest BCUT2D eigenvalue weighted by Gasteiger charge is -2.37. The number of rotatable bonds is 3. The zero-order chi connectivity index (χ0) is 19.0. The SMILES string of the molecule is Cc1cncnc1N1CCN(C(=O)[C@H](C)n2nc3c(cc2=O)CCC3)CC1. The van der Waals surface area contributed by atoms with Gasteiger partial charge in [0.2, 0.25) is 5.91 Å². The molecule has 1 atom stereocenters. The van der Waals surface area contributed by atoms with E-state index in [9.17, 15) is 9.59 Å². The lowest BCUT2D eigenvalue weighted by atomic mass is 10.2. The number of carbonyl (C=O) groups is 1. The maximum absolute atomic E-state index is 12.9. The van der Waals surface area contributed by atoms with Gasteiger partial charge in [-0.3, -0.25) is 9.59 Å². The van der Waals surface area contributed by atoms with Crippen LogP contribution in [0.4, 0.5) is 5.82 Å². The molecular weight excluding hydrogens is 344 g/mol. The molecule has 1 aliphatic heterocycles. The molecule has 1 fully saturated rings. The fourth-order valence-electron chi connectivity index (χ4n) is 3.92. The van der Waals surface area contributed by atoms with Crippen LogP contribution in [-0.4, -0.2) is 56.7 Å². The zero-order valence-electron chi connectivity index (χ0n) is 15.8. The lowest BCUT2D eigenvalue weighted by Crippen LogP contribution is -2.51. The molecule has 1 saturated heterocycles. The summed E-state index contributed by atoms with van der Waals surface area (Å²) in [7, 11) is 0. The van der Waals surface area contributed by atoms with Gasteiger partial charge >= 0.3 is 0 Å². The molecule has 8 nitrogen and oxygen atoms in total. The summed E-state index contributed by atoms with van der Waals surface area (Å²) >= 11 is 0. The van der Waals surface area contributed by atoms with E-state index in [1.807, 2.05) is 11.8 Å². The van der Waals surface area contributed by atoms with Crippen molar-refractivity contribution in [3.05, 3.63) is 45.8 Å². The number of amides is 1. The summed E-state index contributed by atoms with van der Waals surface area (Å²) in [4.78, 5) is 37.7. The van der Waals surface area contributed by atoms with Crippen LogP contribution in [0.2, 0.25) is 0 Å². The van der Waals surface area contributed by atoms with E-state index in [4.69, 9.17) is 0 Å². The minimum Gasteiger partial charge on any atom is -0.353 e. The molecule has 0 unspecified atom stereocenters. The molecule has 0 spiro atoms. The van der Waals surface area contributed by atoms with Gasteiger partial charge in [-0.25, -0.2) is 14.6 Å². The molecule has 8 heteroatoms.